The lowest BCUT2D eigenvalue weighted by molar-refractivity contribution is -0.121. The molecule has 1 aromatic heterocycles. The SMILES string of the molecule is Cc1ccc(-c2noc(CCC(=O)NCCNC(=O)OC(C)(C)C)n2)cc1F. The molecule has 0 fully saturated rings. The standard InChI is InChI=1S/C19H25FN4O4/c1-12-5-6-13(11-14(12)20)17-23-16(28-24-17)8-7-15(25)21-9-10-22-18(26)27-19(2,3)4/h5-6,11H,7-10H2,1-4H3,(H,21,25)(H,22,26). The maximum atomic E-state index is 13.6. The molecule has 1 aromatic carbocycles. The second-order valence-corrected chi connectivity index (χ2v) is 7.25. The number of nitrogens with zero attached hydrogens (tertiary/aromatic N) is 2. The minimum atomic E-state index is -0.569. The molecule has 28 heavy (non-hydrogen) atoms. The fraction of sp³-hybridized carbons (Fsp3) is 0.474. The zero-order chi connectivity index (χ0) is 20.7. The normalized spacial score (nSPS) is 11.2. The first-order valence-electron chi connectivity index (χ1n) is 8.97. The summed E-state index contributed by atoms with van der Waals surface area (Å²) in [4.78, 5) is 27.5. The van der Waals surface area contributed by atoms with Crippen molar-refractivity contribution < 1.29 is 23.2 Å². The fourth-order valence-electron chi connectivity index (χ4n) is 2.20. The molecule has 0 aliphatic rings. The molecule has 0 radical (unpaired) electrons. The Morgan fingerprint density at radius 2 is 1.93 bits per heavy atom. The summed E-state index contributed by atoms with van der Waals surface area (Å²) in [5.41, 5.74) is 0.474. The van der Waals surface area contributed by atoms with Crippen molar-refractivity contribution in [3.05, 3.63) is 35.5 Å². The third-order valence-corrected chi connectivity index (χ3v) is 3.58. The molecular formula is C19H25FN4O4. The van der Waals surface area contributed by atoms with Crippen LogP contribution in [0.4, 0.5) is 9.18 Å². The van der Waals surface area contributed by atoms with Crippen LogP contribution in [0.3, 0.4) is 0 Å². The molecule has 0 atom stereocenters. The molecule has 0 unspecified atom stereocenters. The van der Waals surface area contributed by atoms with Crippen LogP contribution in [0, 0.1) is 12.7 Å². The smallest absolute Gasteiger partial charge is 0.407 e. The van der Waals surface area contributed by atoms with Gasteiger partial charge in [-0.05, 0) is 39.3 Å². The van der Waals surface area contributed by atoms with Crippen LogP contribution in [-0.4, -0.2) is 40.8 Å². The van der Waals surface area contributed by atoms with Gasteiger partial charge in [0.15, 0.2) is 0 Å². The average molecular weight is 392 g/mol. The van der Waals surface area contributed by atoms with Crippen LogP contribution in [0.2, 0.25) is 0 Å². The van der Waals surface area contributed by atoms with E-state index in [1.165, 1.54) is 6.07 Å². The monoisotopic (exact) mass is 392 g/mol. The third-order valence-electron chi connectivity index (χ3n) is 3.58. The van der Waals surface area contributed by atoms with Crippen molar-refractivity contribution in [2.75, 3.05) is 13.1 Å². The topological polar surface area (TPSA) is 106 Å². The zero-order valence-corrected chi connectivity index (χ0v) is 16.5. The van der Waals surface area contributed by atoms with E-state index in [0.717, 1.165) is 0 Å². The maximum absolute atomic E-state index is 13.6. The minimum absolute atomic E-state index is 0.149. The number of hydrogen-bond acceptors (Lipinski definition) is 6. The summed E-state index contributed by atoms with van der Waals surface area (Å²) >= 11 is 0. The number of amides is 2. The Morgan fingerprint density at radius 1 is 1.21 bits per heavy atom. The number of nitrogens with one attached hydrogen (secondary N) is 2. The van der Waals surface area contributed by atoms with E-state index in [2.05, 4.69) is 20.8 Å². The summed E-state index contributed by atoms with van der Waals surface area (Å²) in [6, 6.07) is 4.69. The van der Waals surface area contributed by atoms with Gasteiger partial charge >= 0.3 is 6.09 Å². The number of benzene rings is 1. The molecule has 0 aliphatic carbocycles. The number of hydrogen-bond donors (Lipinski definition) is 2. The van der Waals surface area contributed by atoms with E-state index in [4.69, 9.17) is 9.26 Å². The first kappa shape index (κ1) is 21.3. The van der Waals surface area contributed by atoms with Crippen LogP contribution < -0.4 is 10.6 Å². The summed E-state index contributed by atoms with van der Waals surface area (Å²) in [7, 11) is 0. The summed E-state index contributed by atoms with van der Waals surface area (Å²) in [6.07, 6.45) is -0.129. The van der Waals surface area contributed by atoms with Crippen LogP contribution in [0.15, 0.2) is 22.7 Å². The zero-order valence-electron chi connectivity index (χ0n) is 16.5. The summed E-state index contributed by atoms with van der Waals surface area (Å²) < 4.78 is 23.8. The number of carbonyl (C=O) groups excluding carboxylic acids is 2. The number of aromatic nitrogens is 2. The summed E-state index contributed by atoms with van der Waals surface area (Å²) in [5.74, 6) is 0.00391. The van der Waals surface area contributed by atoms with Gasteiger partial charge in [-0.15, -0.1) is 0 Å². The van der Waals surface area contributed by atoms with Crippen molar-refractivity contribution in [1.29, 1.82) is 0 Å². The van der Waals surface area contributed by atoms with Crippen molar-refractivity contribution in [2.24, 2.45) is 0 Å². The highest BCUT2D eigenvalue weighted by Gasteiger charge is 2.15. The van der Waals surface area contributed by atoms with E-state index in [1.807, 2.05) is 0 Å². The number of ether oxygens (including phenoxy) is 1. The molecule has 0 bridgehead atoms. The lowest BCUT2D eigenvalue weighted by Gasteiger charge is -2.19. The highest BCUT2D eigenvalue weighted by molar-refractivity contribution is 5.76. The molecule has 2 rings (SSSR count). The highest BCUT2D eigenvalue weighted by atomic mass is 19.1. The van der Waals surface area contributed by atoms with Crippen LogP contribution in [0.5, 0.6) is 0 Å². The molecule has 8 nitrogen and oxygen atoms in total. The van der Waals surface area contributed by atoms with Gasteiger partial charge in [-0.25, -0.2) is 9.18 Å². The number of aryl methyl sites for hydroxylation is 2. The molecule has 9 heteroatoms. The van der Waals surface area contributed by atoms with Crippen molar-refractivity contribution in [3.8, 4) is 11.4 Å². The largest absolute Gasteiger partial charge is 0.444 e. The van der Waals surface area contributed by atoms with Crippen LogP contribution in [0.1, 0.15) is 38.6 Å². The van der Waals surface area contributed by atoms with Gasteiger partial charge in [-0.3, -0.25) is 4.79 Å². The van der Waals surface area contributed by atoms with E-state index in [1.54, 1.807) is 39.8 Å². The van der Waals surface area contributed by atoms with Gasteiger partial charge in [0.2, 0.25) is 17.6 Å². The molecule has 2 amide bonds. The number of alkyl carbamates (subject to hydrolysis) is 1. The van der Waals surface area contributed by atoms with E-state index >= 15 is 0 Å². The van der Waals surface area contributed by atoms with Crippen LogP contribution in [0.25, 0.3) is 11.4 Å². The van der Waals surface area contributed by atoms with Gasteiger partial charge in [-0.1, -0.05) is 17.3 Å². The van der Waals surface area contributed by atoms with Gasteiger partial charge < -0.3 is 19.9 Å². The van der Waals surface area contributed by atoms with Gasteiger partial charge in [0.05, 0.1) is 0 Å². The molecule has 2 N–H and O–H groups in total. The first-order chi connectivity index (χ1) is 13.1. The molecule has 0 aliphatic heterocycles. The number of halogens is 1. The van der Waals surface area contributed by atoms with Gasteiger partial charge in [0, 0.05) is 31.5 Å². The minimum Gasteiger partial charge on any atom is -0.444 e. The summed E-state index contributed by atoms with van der Waals surface area (Å²) in [6.45, 7) is 7.51. The number of carbonyl (C=O) groups is 2. The Kier molecular flexibility index (Phi) is 7.08. The van der Waals surface area contributed by atoms with Crippen LogP contribution >= 0.6 is 0 Å². The predicted molar refractivity (Wildman–Crippen MR) is 100.0 cm³/mol. The molecule has 0 saturated carbocycles. The van der Waals surface area contributed by atoms with E-state index in [9.17, 15) is 14.0 Å². The van der Waals surface area contributed by atoms with E-state index in [-0.39, 0.29) is 49.4 Å². The van der Waals surface area contributed by atoms with E-state index in [0.29, 0.717) is 11.1 Å². The van der Waals surface area contributed by atoms with Crippen LogP contribution in [-0.2, 0) is 16.0 Å². The maximum Gasteiger partial charge on any atom is 0.407 e. The van der Waals surface area contributed by atoms with Crippen molar-refractivity contribution in [1.82, 2.24) is 20.8 Å². The second kappa shape index (κ2) is 9.29. The molecular weight excluding hydrogens is 367 g/mol. The van der Waals surface area contributed by atoms with Gasteiger partial charge in [0.1, 0.15) is 11.4 Å². The van der Waals surface area contributed by atoms with Crippen molar-refractivity contribution in [3.63, 3.8) is 0 Å². The Hall–Kier alpha value is -2.97. The fourth-order valence-corrected chi connectivity index (χ4v) is 2.20. The Balaban J connectivity index is 1.71. The molecule has 0 saturated heterocycles. The molecule has 152 valence electrons. The highest BCUT2D eigenvalue weighted by Crippen LogP contribution is 2.19. The molecule has 0 spiro atoms. The lowest BCUT2D eigenvalue weighted by Crippen LogP contribution is -2.37. The molecule has 1 heterocycles. The first-order valence-corrected chi connectivity index (χ1v) is 8.97. The quantitative estimate of drug-likeness (QED) is 0.702. The van der Waals surface area contributed by atoms with E-state index < -0.39 is 11.7 Å². The molecule has 2 aromatic rings. The predicted octanol–water partition coefficient (Wildman–Crippen LogP) is 2.76. The summed E-state index contributed by atoms with van der Waals surface area (Å²) in [5, 5.41) is 9.04. The van der Waals surface area contributed by atoms with Crippen molar-refractivity contribution >= 4 is 12.0 Å². The lowest BCUT2D eigenvalue weighted by atomic mass is 10.1. The second-order valence-electron chi connectivity index (χ2n) is 7.25. The Bertz CT molecular complexity index is 830. The van der Waals surface area contributed by atoms with Gasteiger partial charge in [-0.2, -0.15) is 4.98 Å². The average Bonchev–Trinajstić information content (AvgIpc) is 3.07. The number of rotatable bonds is 7. The third kappa shape index (κ3) is 6.98. The Labute approximate surface area is 162 Å². The Morgan fingerprint density at radius 3 is 2.61 bits per heavy atom. The van der Waals surface area contributed by atoms with Gasteiger partial charge in [0.25, 0.3) is 0 Å². The van der Waals surface area contributed by atoms with Crippen molar-refractivity contribution in [2.45, 2.75) is 46.1 Å².